The minimum Gasteiger partial charge on any atom is -0.493 e. The van der Waals surface area contributed by atoms with Gasteiger partial charge in [0, 0.05) is 16.0 Å². The zero-order chi connectivity index (χ0) is 14.5. The van der Waals surface area contributed by atoms with Gasteiger partial charge in [-0.05, 0) is 30.7 Å². The van der Waals surface area contributed by atoms with Gasteiger partial charge in [-0.1, -0.05) is 53.2 Å². The van der Waals surface area contributed by atoms with Crippen molar-refractivity contribution in [2.45, 2.75) is 25.9 Å². The molecular formula is C17H19BrO2. The van der Waals surface area contributed by atoms with Crippen LogP contribution in [-0.2, 0) is 0 Å². The van der Waals surface area contributed by atoms with Crippen LogP contribution in [0, 0.1) is 0 Å². The first-order chi connectivity index (χ1) is 9.63. The van der Waals surface area contributed by atoms with E-state index >= 15 is 0 Å². The normalized spacial score (nSPS) is 13.8. The van der Waals surface area contributed by atoms with Crippen molar-refractivity contribution in [2.24, 2.45) is 0 Å². The largest absolute Gasteiger partial charge is 0.493 e. The number of hydrogen-bond donors (Lipinski definition) is 1. The van der Waals surface area contributed by atoms with E-state index in [0.29, 0.717) is 6.61 Å². The Balaban J connectivity index is 2.32. The zero-order valence-corrected chi connectivity index (χ0v) is 13.3. The van der Waals surface area contributed by atoms with E-state index in [4.69, 9.17) is 4.74 Å². The fourth-order valence-electron chi connectivity index (χ4n) is 2.25. The van der Waals surface area contributed by atoms with Gasteiger partial charge < -0.3 is 9.84 Å². The van der Waals surface area contributed by atoms with Gasteiger partial charge in [0.05, 0.1) is 12.7 Å². The molecule has 20 heavy (non-hydrogen) atoms. The number of hydrogen-bond acceptors (Lipinski definition) is 2. The number of halogens is 1. The van der Waals surface area contributed by atoms with Crippen molar-refractivity contribution in [3.8, 4) is 5.75 Å². The highest BCUT2D eigenvalue weighted by molar-refractivity contribution is 9.10. The Morgan fingerprint density at radius 2 is 1.85 bits per heavy atom. The van der Waals surface area contributed by atoms with Crippen LogP contribution >= 0.6 is 15.9 Å². The molecule has 3 heteroatoms. The molecule has 0 bridgehead atoms. The van der Waals surface area contributed by atoms with Gasteiger partial charge in [-0.25, -0.2) is 0 Å². The highest BCUT2D eigenvalue weighted by atomic mass is 79.9. The summed E-state index contributed by atoms with van der Waals surface area (Å²) in [7, 11) is 0. The lowest BCUT2D eigenvalue weighted by Gasteiger charge is -2.22. The third-order valence-electron chi connectivity index (χ3n) is 3.39. The molecule has 0 aliphatic rings. The van der Waals surface area contributed by atoms with Gasteiger partial charge in [0.15, 0.2) is 0 Å². The predicted molar refractivity (Wildman–Crippen MR) is 85.1 cm³/mol. The molecule has 0 fully saturated rings. The maximum Gasteiger partial charge on any atom is 0.125 e. The maximum absolute atomic E-state index is 10.7. The van der Waals surface area contributed by atoms with E-state index in [1.807, 2.05) is 62.4 Å². The summed E-state index contributed by atoms with van der Waals surface area (Å²) in [6.45, 7) is 4.55. The van der Waals surface area contributed by atoms with E-state index in [1.54, 1.807) is 0 Å². The highest BCUT2D eigenvalue weighted by Crippen LogP contribution is 2.36. The standard InChI is InChI=1S/C17H19BrO2/c1-3-20-16-10-9-14(18)11-15(16)17(19)12(2)13-7-5-4-6-8-13/h4-12,17,19H,3H2,1-2H3. The van der Waals surface area contributed by atoms with Gasteiger partial charge in [0.1, 0.15) is 5.75 Å². The minimum absolute atomic E-state index is 0.00436. The first kappa shape index (κ1) is 15.1. The Hall–Kier alpha value is -1.32. The van der Waals surface area contributed by atoms with Crippen molar-refractivity contribution in [2.75, 3.05) is 6.61 Å². The number of aliphatic hydroxyl groups is 1. The first-order valence-electron chi connectivity index (χ1n) is 6.78. The monoisotopic (exact) mass is 334 g/mol. The van der Waals surface area contributed by atoms with Crippen molar-refractivity contribution >= 4 is 15.9 Å². The molecule has 2 aromatic rings. The molecule has 0 aliphatic carbocycles. The van der Waals surface area contributed by atoms with E-state index in [0.717, 1.165) is 21.3 Å². The quantitative estimate of drug-likeness (QED) is 0.859. The molecular weight excluding hydrogens is 316 g/mol. The average molecular weight is 335 g/mol. The molecule has 2 nitrogen and oxygen atoms in total. The van der Waals surface area contributed by atoms with Gasteiger partial charge >= 0.3 is 0 Å². The molecule has 2 aromatic carbocycles. The van der Waals surface area contributed by atoms with E-state index in [9.17, 15) is 5.11 Å². The van der Waals surface area contributed by atoms with Gasteiger partial charge in [0.25, 0.3) is 0 Å². The molecule has 1 N–H and O–H groups in total. The van der Waals surface area contributed by atoms with E-state index in [2.05, 4.69) is 15.9 Å². The van der Waals surface area contributed by atoms with Crippen molar-refractivity contribution in [1.82, 2.24) is 0 Å². The van der Waals surface area contributed by atoms with Crippen LogP contribution < -0.4 is 4.74 Å². The Kier molecular flexibility index (Phi) is 5.21. The summed E-state index contributed by atoms with van der Waals surface area (Å²) < 4.78 is 6.56. The summed E-state index contributed by atoms with van der Waals surface area (Å²) in [6, 6.07) is 15.8. The SMILES string of the molecule is CCOc1ccc(Br)cc1C(O)C(C)c1ccccc1. The second kappa shape index (κ2) is 6.91. The molecule has 0 radical (unpaired) electrons. The summed E-state index contributed by atoms with van der Waals surface area (Å²) in [6.07, 6.45) is -0.601. The van der Waals surface area contributed by atoms with E-state index in [-0.39, 0.29) is 5.92 Å². The second-order valence-corrected chi connectivity index (χ2v) is 5.68. The molecule has 2 rings (SSSR count). The van der Waals surface area contributed by atoms with E-state index in [1.165, 1.54) is 0 Å². The molecule has 106 valence electrons. The minimum atomic E-state index is -0.601. The third kappa shape index (κ3) is 3.41. The summed E-state index contributed by atoms with van der Waals surface area (Å²) in [5.41, 5.74) is 1.93. The second-order valence-electron chi connectivity index (χ2n) is 4.76. The number of ether oxygens (including phenoxy) is 1. The van der Waals surface area contributed by atoms with Crippen LogP contribution in [0.15, 0.2) is 53.0 Å². The molecule has 0 saturated heterocycles. The number of rotatable bonds is 5. The molecule has 0 amide bonds. The van der Waals surface area contributed by atoms with E-state index < -0.39 is 6.10 Å². The summed E-state index contributed by atoms with van der Waals surface area (Å²) in [4.78, 5) is 0. The zero-order valence-electron chi connectivity index (χ0n) is 11.7. The lowest BCUT2D eigenvalue weighted by Crippen LogP contribution is -2.10. The Morgan fingerprint density at radius 1 is 1.15 bits per heavy atom. The fourth-order valence-corrected chi connectivity index (χ4v) is 2.62. The predicted octanol–water partition coefficient (Wildman–Crippen LogP) is 4.68. The molecule has 0 spiro atoms. The van der Waals surface area contributed by atoms with Crippen molar-refractivity contribution in [3.63, 3.8) is 0 Å². The lowest BCUT2D eigenvalue weighted by atomic mass is 9.90. The molecule has 0 aromatic heterocycles. The van der Waals surface area contributed by atoms with Gasteiger partial charge in [0.2, 0.25) is 0 Å². The first-order valence-corrected chi connectivity index (χ1v) is 7.58. The van der Waals surface area contributed by atoms with Crippen molar-refractivity contribution < 1.29 is 9.84 Å². The molecule has 0 aliphatic heterocycles. The van der Waals surface area contributed by atoms with Crippen LogP contribution in [0.5, 0.6) is 5.75 Å². The smallest absolute Gasteiger partial charge is 0.125 e. The molecule has 2 atom stereocenters. The molecule has 0 saturated carbocycles. The molecule has 2 unspecified atom stereocenters. The van der Waals surface area contributed by atoms with Crippen LogP contribution in [0.1, 0.15) is 37.0 Å². The average Bonchev–Trinajstić information content (AvgIpc) is 2.48. The highest BCUT2D eigenvalue weighted by Gasteiger charge is 2.21. The maximum atomic E-state index is 10.7. The van der Waals surface area contributed by atoms with Crippen molar-refractivity contribution in [3.05, 3.63) is 64.1 Å². The molecule has 0 heterocycles. The Morgan fingerprint density at radius 3 is 2.50 bits per heavy atom. The fraction of sp³-hybridized carbons (Fsp3) is 0.294. The summed E-state index contributed by atoms with van der Waals surface area (Å²) in [5.74, 6) is 0.746. The van der Waals surface area contributed by atoms with Crippen LogP contribution in [0.2, 0.25) is 0 Å². The van der Waals surface area contributed by atoms with Crippen LogP contribution in [0.25, 0.3) is 0 Å². The number of aliphatic hydroxyl groups excluding tert-OH is 1. The Labute approximate surface area is 128 Å². The third-order valence-corrected chi connectivity index (χ3v) is 3.88. The van der Waals surface area contributed by atoms with Crippen LogP contribution in [0.3, 0.4) is 0 Å². The van der Waals surface area contributed by atoms with Crippen molar-refractivity contribution in [1.29, 1.82) is 0 Å². The summed E-state index contributed by atoms with van der Waals surface area (Å²) in [5, 5.41) is 10.7. The van der Waals surface area contributed by atoms with Crippen LogP contribution in [0.4, 0.5) is 0 Å². The lowest BCUT2D eigenvalue weighted by molar-refractivity contribution is 0.146. The summed E-state index contributed by atoms with van der Waals surface area (Å²) >= 11 is 3.45. The van der Waals surface area contributed by atoms with Crippen LogP contribution in [-0.4, -0.2) is 11.7 Å². The van der Waals surface area contributed by atoms with Gasteiger partial charge in [-0.2, -0.15) is 0 Å². The van der Waals surface area contributed by atoms with Gasteiger partial charge in [-0.15, -0.1) is 0 Å². The Bertz CT molecular complexity index is 554. The topological polar surface area (TPSA) is 29.5 Å². The number of benzene rings is 2. The van der Waals surface area contributed by atoms with Gasteiger partial charge in [-0.3, -0.25) is 0 Å².